The van der Waals surface area contributed by atoms with Crippen LogP contribution in [-0.4, -0.2) is 12.0 Å². The third-order valence-corrected chi connectivity index (χ3v) is 2.81. The Hall–Kier alpha value is -0.870. The van der Waals surface area contributed by atoms with Crippen molar-refractivity contribution in [3.05, 3.63) is 34.3 Å². The molecule has 16 heavy (non-hydrogen) atoms. The summed E-state index contributed by atoms with van der Waals surface area (Å²) in [6, 6.07) is 7.07. The minimum atomic E-state index is -0.546. The minimum absolute atomic E-state index is 0.0948. The van der Waals surface area contributed by atoms with Crippen molar-refractivity contribution in [3.8, 4) is 0 Å². The lowest BCUT2D eigenvalue weighted by Crippen LogP contribution is -2.36. The van der Waals surface area contributed by atoms with Crippen molar-refractivity contribution < 1.29 is 9.53 Å². The van der Waals surface area contributed by atoms with E-state index < -0.39 is 6.04 Å². The van der Waals surface area contributed by atoms with Crippen molar-refractivity contribution in [1.29, 1.82) is 0 Å². The fraction of sp³-hybridized carbons (Fsp3) is 0.417. The molecule has 2 N–H and O–H groups in total. The number of halogens is 1. The average molecular weight is 286 g/mol. The van der Waals surface area contributed by atoms with Gasteiger partial charge in [0.25, 0.3) is 0 Å². The fourth-order valence-electron chi connectivity index (χ4n) is 1.10. The normalized spacial score (nSPS) is 12.6. The molecule has 0 aliphatic rings. The molecular weight excluding hydrogens is 270 g/mol. The van der Waals surface area contributed by atoms with Gasteiger partial charge in [0.05, 0.1) is 0 Å². The Morgan fingerprint density at radius 3 is 2.44 bits per heavy atom. The molecule has 1 aromatic carbocycles. The molecule has 0 saturated carbocycles. The first-order valence-electron chi connectivity index (χ1n) is 5.17. The summed E-state index contributed by atoms with van der Waals surface area (Å²) in [6.45, 7) is 4.06. The first kappa shape index (κ1) is 13.2. The van der Waals surface area contributed by atoms with Gasteiger partial charge < -0.3 is 10.5 Å². The van der Waals surface area contributed by atoms with Crippen LogP contribution in [0, 0.1) is 5.92 Å². The first-order valence-corrected chi connectivity index (χ1v) is 5.96. The number of carbonyl (C=O) groups is 1. The zero-order chi connectivity index (χ0) is 12.1. The Labute approximate surface area is 104 Å². The van der Waals surface area contributed by atoms with Crippen LogP contribution >= 0.6 is 15.9 Å². The molecule has 1 atom stereocenters. The van der Waals surface area contributed by atoms with E-state index in [0.29, 0.717) is 0 Å². The summed E-state index contributed by atoms with van der Waals surface area (Å²) in [4.78, 5) is 11.5. The van der Waals surface area contributed by atoms with Gasteiger partial charge in [-0.2, -0.15) is 0 Å². The van der Waals surface area contributed by atoms with Crippen LogP contribution in [0.1, 0.15) is 19.4 Å². The number of hydrogen-bond acceptors (Lipinski definition) is 3. The summed E-state index contributed by atoms with van der Waals surface area (Å²) in [7, 11) is 0. The SMILES string of the molecule is CC(C)C(N)C(=O)OCc1ccc(Br)cc1. The van der Waals surface area contributed by atoms with E-state index in [9.17, 15) is 4.79 Å². The van der Waals surface area contributed by atoms with Gasteiger partial charge in [-0.15, -0.1) is 0 Å². The van der Waals surface area contributed by atoms with Crippen LogP contribution in [0.25, 0.3) is 0 Å². The van der Waals surface area contributed by atoms with E-state index in [1.165, 1.54) is 0 Å². The van der Waals surface area contributed by atoms with Crippen molar-refractivity contribution in [2.24, 2.45) is 11.7 Å². The molecule has 0 aliphatic carbocycles. The van der Waals surface area contributed by atoms with Gasteiger partial charge >= 0.3 is 5.97 Å². The number of carbonyl (C=O) groups excluding carboxylic acids is 1. The van der Waals surface area contributed by atoms with Crippen LogP contribution in [0.4, 0.5) is 0 Å². The zero-order valence-corrected chi connectivity index (χ0v) is 11.0. The molecule has 0 saturated heterocycles. The lowest BCUT2D eigenvalue weighted by atomic mass is 10.1. The van der Waals surface area contributed by atoms with E-state index in [0.717, 1.165) is 10.0 Å². The molecule has 0 amide bonds. The Bertz CT molecular complexity index is 349. The van der Waals surface area contributed by atoms with E-state index in [2.05, 4.69) is 15.9 Å². The monoisotopic (exact) mass is 285 g/mol. The van der Waals surface area contributed by atoms with Gasteiger partial charge in [0.1, 0.15) is 12.6 Å². The van der Waals surface area contributed by atoms with Gasteiger partial charge in [0.2, 0.25) is 0 Å². The lowest BCUT2D eigenvalue weighted by Gasteiger charge is -2.14. The van der Waals surface area contributed by atoms with Gasteiger partial charge in [-0.05, 0) is 23.6 Å². The second kappa shape index (κ2) is 6.01. The number of nitrogens with two attached hydrogens (primary N) is 1. The van der Waals surface area contributed by atoms with E-state index >= 15 is 0 Å². The molecule has 4 heteroatoms. The number of ether oxygens (including phenoxy) is 1. The Morgan fingerprint density at radius 1 is 1.38 bits per heavy atom. The second-order valence-corrected chi connectivity index (χ2v) is 4.92. The zero-order valence-electron chi connectivity index (χ0n) is 9.44. The van der Waals surface area contributed by atoms with E-state index in [1.807, 2.05) is 38.1 Å². The smallest absolute Gasteiger partial charge is 0.323 e. The van der Waals surface area contributed by atoms with Crippen LogP contribution in [0.3, 0.4) is 0 Å². The summed E-state index contributed by atoms with van der Waals surface area (Å²) in [5.74, 6) is -0.254. The largest absolute Gasteiger partial charge is 0.460 e. The van der Waals surface area contributed by atoms with Crippen molar-refractivity contribution in [2.45, 2.75) is 26.5 Å². The highest BCUT2D eigenvalue weighted by Gasteiger charge is 2.18. The van der Waals surface area contributed by atoms with Crippen LogP contribution in [0.5, 0.6) is 0 Å². The van der Waals surface area contributed by atoms with Crippen molar-refractivity contribution in [2.75, 3.05) is 0 Å². The molecule has 0 aromatic heterocycles. The van der Waals surface area contributed by atoms with E-state index in [-0.39, 0.29) is 18.5 Å². The Balaban J connectivity index is 2.46. The topological polar surface area (TPSA) is 52.3 Å². The summed E-state index contributed by atoms with van der Waals surface area (Å²) < 4.78 is 6.11. The van der Waals surface area contributed by atoms with Crippen molar-refractivity contribution in [3.63, 3.8) is 0 Å². The highest BCUT2D eigenvalue weighted by molar-refractivity contribution is 9.10. The fourth-order valence-corrected chi connectivity index (χ4v) is 1.37. The average Bonchev–Trinajstić information content (AvgIpc) is 2.26. The summed E-state index contributed by atoms with van der Waals surface area (Å²) in [5.41, 5.74) is 6.62. The minimum Gasteiger partial charge on any atom is -0.460 e. The standard InChI is InChI=1S/C12H16BrNO2/c1-8(2)11(14)12(15)16-7-9-3-5-10(13)6-4-9/h3-6,8,11H,7,14H2,1-2H3. The third-order valence-electron chi connectivity index (χ3n) is 2.28. The molecule has 3 nitrogen and oxygen atoms in total. The summed E-state index contributed by atoms with van der Waals surface area (Å²) >= 11 is 3.34. The molecule has 1 rings (SSSR count). The maximum absolute atomic E-state index is 11.5. The van der Waals surface area contributed by atoms with Gasteiger partial charge in [-0.1, -0.05) is 41.9 Å². The molecule has 1 aromatic rings. The molecule has 88 valence electrons. The Kier molecular flexibility index (Phi) is 4.96. The molecule has 0 radical (unpaired) electrons. The highest BCUT2D eigenvalue weighted by atomic mass is 79.9. The lowest BCUT2D eigenvalue weighted by molar-refractivity contribution is -0.147. The third kappa shape index (κ3) is 3.94. The second-order valence-electron chi connectivity index (χ2n) is 4.00. The predicted octanol–water partition coefficient (Wildman–Crippen LogP) is 2.48. The van der Waals surface area contributed by atoms with Gasteiger partial charge in [-0.25, -0.2) is 0 Å². The molecule has 0 heterocycles. The molecule has 1 unspecified atom stereocenters. The first-order chi connectivity index (χ1) is 7.50. The quantitative estimate of drug-likeness (QED) is 0.865. The van der Waals surface area contributed by atoms with Gasteiger partial charge in [0.15, 0.2) is 0 Å². The number of rotatable bonds is 4. The van der Waals surface area contributed by atoms with Crippen molar-refractivity contribution in [1.82, 2.24) is 0 Å². The van der Waals surface area contributed by atoms with Crippen LogP contribution < -0.4 is 5.73 Å². The van der Waals surface area contributed by atoms with Crippen molar-refractivity contribution >= 4 is 21.9 Å². The maximum Gasteiger partial charge on any atom is 0.323 e. The molecular formula is C12H16BrNO2. The van der Waals surface area contributed by atoms with E-state index in [4.69, 9.17) is 10.5 Å². The number of esters is 1. The molecule has 0 spiro atoms. The number of benzene rings is 1. The van der Waals surface area contributed by atoms with Crippen LogP contribution in [0.15, 0.2) is 28.7 Å². The summed E-state index contributed by atoms with van der Waals surface area (Å²) in [5, 5.41) is 0. The maximum atomic E-state index is 11.5. The highest BCUT2D eigenvalue weighted by Crippen LogP contribution is 2.11. The summed E-state index contributed by atoms with van der Waals surface area (Å²) in [6.07, 6.45) is 0. The van der Waals surface area contributed by atoms with Crippen LogP contribution in [-0.2, 0) is 16.1 Å². The number of hydrogen-bond donors (Lipinski definition) is 1. The van der Waals surface area contributed by atoms with E-state index in [1.54, 1.807) is 0 Å². The predicted molar refractivity (Wildman–Crippen MR) is 66.8 cm³/mol. The van der Waals surface area contributed by atoms with Gasteiger partial charge in [0, 0.05) is 4.47 Å². The van der Waals surface area contributed by atoms with Crippen LogP contribution in [0.2, 0.25) is 0 Å². The van der Waals surface area contributed by atoms with Gasteiger partial charge in [-0.3, -0.25) is 4.79 Å². The molecule has 0 fully saturated rings. The molecule has 0 aliphatic heterocycles. The molecule has 0 bridgehead atoms. The Morgan fingerprint density at radius 2 is 1.94 bits per heavy atom.